The molecule has 0 saturated heterocycles. The number of hydrogen-bond donors (Lipinski definition) is 2. The van der Waals surface area contributed by atoms with Crippen LogP contribution in [0.4, 0.5) is 0 Å². The van der Waals surface area contributed by atoms with Gasteiger partial charge in [0, 0.05) is 23.5 Å². The highest BCUT2D eigenvalue weighted by Gasteiger charge is 2.24. The Hall–Kier alpha value is -0.450. The molecule has 84 valence electrons. The number of aromatic nitrogens is 1. The zero-order valence-electron chi connectivity index (χ0n) is 9.20. The Morgan fingerprint density at radius 3 is 2.87 bits per heavy atom. The molecule has 1 aliphatic carbocycles. The van der Waals surface area contributed by atoms with Crippen LogP contribution in [0.5, 0.6) is 0 Å². The summed E-state index contributed by atoms with van der Waals surface area (Å²) in [6.45, 7) is 2.04. The van der Waals surface area contributed by atoms with Crippen LogP contribution < -0.4 is 11.3 Å². The van der Waals surface area contributed by atoms with Crippen LogP contribution in [0.1, 0.15) is 36.4 Å². The van der Waals surface area contributed by atoms with E-state index in [1.54, 1.807) is 11.3 Å². The summed E-state index contributed by atoms with van der Waals surface area (Å²) < 4.78 is 0. The average Bonchev–Trinajstić information content (AvgIpc) is 2.85. The molecule has 1 fully saturated rings. The number of thiazole rings is 1. The molecular formula is C11H19N3S. The van der Waals surface area contributed by atoms with E-state index in [4.69, 9.17) is 5.84 Å². The molecule has 2 rings (SSSR count). The first kappa shape index (κ1) is 11.0. The Morgan fingerprint density at radius 2 is 2.33 bits per heavy atom. The summed E-state index contributed by atoms with van der Waals surface area (Å²) in [7, 11) is 0. The van der Waals surface area contributed by atoms with Crippen LogP contribution in [0, 0.1) is 12.8 Å². The predicted molar refractivity (Wildman–Crippen MR) is 63.6 cm³/mol. The Morgan fingerprint density at radius 1 is 1.60 bits per heavy atom. The quantitative estimate of drug-likeness (QED) is 0.609. The molecule has 1 aliphatic rings. The molecule has 0 bridgehead atoms. The van der Waals surface area contributed by atoms with E-state index >= 15 is 0 Å². The van der Waals surface area contributed by atoms with Gasteiger partial charge in [0.15, 0.2) is 0 Å². The highest BCUT2D eigenvalue weighted by Crippen LogP contribution is 2.29. The summed E-state index contributed by atoms with van der Waals surface area (Å²) in [5, 5.41) is 3.32. The van der Waals surface area contributed by atoms with E-state index in [-0.39, 0.29) is 0 Å². The summed E-state index contributed by atoms with van der Waals surface area (Å²) >= 11 is 1.75. The molecule has 4 heteroatoms. The number of hydrogen-bond acceptors (Lipinski definition) is 4. The van der Waals surface area contributed by atoms with Gasteiger partial charge in [0.25, 0.3) is 0 Å². The maximum Gasteiger partial charge on any atom is 0.0944 e. The number of nitrogens with one attached hydrogen (secondary N) is 1. The maximum atomic E-state index is 5.63. The first-order valence-corrected chi connectivity index (χ1v) is 6.54. The van der Waals surface area contributed by atoms with Crippen molar-refractivity contribution in [3.8, 4) is 0 Å². The first-order chi connectivity index (χ1) is 7.29. The average molecular weight is 225 g/mol. The SMILES string of the molecule is Cc1csc(CC(NN)C2CCCC2)n1. The van der Waals surface area contributed by atoms with Crippen LogP contribution in [0.15, 0.2) is 5.38 Å². The van der Waals surface area contributed by atoms with Gasteiger partial charge in [-0.05, 0) is 25.7 Å². The third-order valence-corrected chi connectivity index (χ3v) is 4.23. The second kappa shape index (κ2) is 5.05. The van der Waals surface area contributed by atoms with Gasteiger partial charge < -0.3 is 0 Å². The number of aryl methyl sites for hydroxylation is 1. The monoisotopic (exact) mass is 225 g/mol. The molecular weight excluding hydrogens is 206 g/mol. The van der Waals surface area contributed by atoms with Gasteiger partial charge in [0.05, 0.1) is 5.01 Å². The summed E-state index contributed by atoms with van der Waals surface area (Å²) in [6, 6.07) is 0.415. The Bertz CT molecular complexity index is 305. The highest BCUT2D eigenvalue weighted by molar-refractivity contribution is 7.09. The molecule has 3 nitrogen and oxygen atoms in total. The van der Waals surface area contributed by atoms with Gasteiger partial charge in [-0.1, -0.05) is 12.8 Å². The van der Waals surface area contributed by atoms with Gasteiger partial charge in [-0.15, -0.1) is 11.3 Å². The van der Waals surface area contributed by atoms with Gasteiger partial charge >= 0.3 is 0 Å². The largest absolute Gasteiger partial charge is 0.271 e. The van der Waals surface area contributed by atoms with Crippen molar-refractivity contribution in [1.29, 1.82) is 0 Å². The molecule has 15 heavy (non-hydrogen) atoms. The summed E-state index contributed by atoms with van der Waals surface area (Å²) in [6.07, 6.45) is 6.34. The number of nitrogens with two attached hydrogens (primary N) is 1. The van der Waals surface area contributed by atoms with Crippen LogP contribution >= 0.6 is 11.3 Å². The van der Waals surface area contributed by atoms with Crippen molar-refractivity contribution < 1.29 is 0 Å². The molecule has 3 N–H and O–H groups in total. The molecule has 1 aromatic heterocycles. The normalized spacial score (nSPS) is 19.6. The van der Waals surface area contributed by atoms with Gasteiger partial charge in [0.2, 0.25) is 0 Å². The third-order valence-electron chi connectivity index (χ3n) is 3.24. The lowest BCUT2D eigenvalue weighted by molar-refractivity contribution is 0.361. The van der Waals surface area contributed by atoms with Crippen LogP contribution in [0.25, 0.3) is 0 Å². The lowest BCUT2D eigenvalue weighted by Crippen LogP contribution is -2.41. The fourth-order valence-corrected chi connectivity index (χ4v) is 3.24. The van der Waals surface area contributed by atoms with Gasteiger partial charge in [-0.3, -0.25) is 11.3 Å². The summed E-state index contributed by atoms with van der Waals surface area (Å²) in [5.41, 5.74) is 4.09. The molecule has 1 atom stereocenters. The minimum absolute atomic E-state index is 0.415. The molecule has 0 spiro atoms. The van der Waals surface area contributed by atoms with E-state index in [9.17, 15) is 0 Å². The fourth-order valence-electron chi connectivity index (χ4n) is 2.41. The molecule has 0 aliphatic heterocycles. The number of rotatable bonds is 4. The van der Waals surface area contributed by atoms with E-state index in [1.165, 1.54) is 30.7 Å². The Kier molecular flexibility index (Phi) is 3.72. The zero-order valence-corrected chi connectivity index (χ0v) is 10.0. The van der Waals surface area contributed by atoms with Crippen LogP contribution in [0.2, 0.25) is 0 Å². The minimum atomic E-state index is 0.415. The van der Waals surface area contributed by atoms with Crippen molar-refractivity contribution in [2.24, 2.45) is 11.8 Å². The minimum Gasteiger partial charge on any atom is -0.271 e. The van der Waals surface area contributed by atoms with Crippen molar-refractivity contribution in [3.63, 3.8) is 0 Å². The molecule has 1 heterocycles. The predicted octanol–water partition coefficient (Wildman–Crippen LogP) is 2.02. The van der Waals surface area contributed by atoms with Crippen molar-refractivity contribution in [2.75, 3.05) is 0 Å². The second-order valence-electron chi connectivity index (χ2n) is 4.40. The van der Waals surface area contributed by atoms with Gasteiger partial charge in [0.1, 0.15) is 0 Å². The standard InChI is InChI=1S/C11H19N3S/c1-8-7-15-11(13-8)6-10(14-12)9-4-2-3-5-9/h7,9-10,14H,2-6,12H2,1H3. The van der Waals surface area contributed by atoms with E-state index in [0.717, 1.165) is 18.0 Å². The van der Waals surface area contributed by atoms with E-state index < -0.39 is 0 Å². The summed E-state index contributed by atoms with van der Waals surface area (Å²) in [4.78, 5) is 4.49. The van der Waals surface area contributed by atoms with Crippen LogP contribution in [0.3, 0.4) is 0 Å². The lowest BCUT2D eigenvalue weighted by atomic mass is 9.96. The molecule has 0 amide bonds. The zero-order chi connectivity index (χ0) is 10.7. The second-order valence-corrected chi connectivity index (χ2v) is 5.35. The Balaban J connectivity index is 1.95. The van der Waals surface area contributed by atoms with Crippen molar-refractivity contribution >= 4 is 11.3 Å². The van der Waals surface area contributed by atoms with Gasteiger partial charge in [-0.25, -0.2) is 4.98 Å². The van der Waals surface area contributed by atoms with Crippen molar-refractivity contribution in [3.05, 3.63) is 16.1 Å². The maximum absolute atomic E-state index is 5.63. The third kappa shape index (κ3) is 2.77. The molecule has 1 aromatic rings. The summed E-state index contributed by atoms with van der Waals surface area (Å²) in [5.74, 6) is 6.38. The van der Waals surface area contributed by atoms with Gasteiger partial charge in [-0.2, -0.15) is 0 Å². The Labute approximate surface area is 95.1 Å². The lowest BCUT2D eigenvalue weighted by Gasteiger charge is -2.21. The number of nitrogens with zero attached hydrogens (tertiary/aromatic N) is 1. The molecule has 0 radical (unpaired) electrons. The highest BCUT2D eigenvalue weighted by atomic mass is 32.1. The van der Waals surface area contributed by atoms with E-state index in [1.807, 2.05) is 6.92 Å². The fraction of sp³-hybridized carbons (Fsp3) is 0.727. The van der Waals surface area contributed by atoms with Crippen LogP contribution in [-0.2, 0) is 6.42 Å². The van der Waals surface area contributed by atoms with Crippen molar-refractivity contribution in [1.82, 2.24) is 10.4 Å². The first-order valence-electron chi connectivity index (χ1n) is 5.66. The number of hydrazine groups is 1. The smallest absolute Gasteiger partial charge is 0.0944 e. The topological polar surface area (TPSA) is 50.9 Å². The van der Waals surface area contributed by atoms with Crippen LogP contribution in [-0.4, -0.2) is 11.0 Å². The molecule has 0 aromatic carbocycles. The van der Waals surface area contributed by atoms with E-state index in [2.05, 4.69) is 15.8 Å². The molecule has 1 unspecified atom stereocenters. The molecule has 1 saturated carbocycles. The van der Waals surface area contributed by atoms with E-state index in [0.29, 0.717) is 6.04 Å². The van der Waals surface area contributed by atoms with Crippen molar-refractivity contribution in [2.45, 2.75) is 45.1 Å².